The quantitative estimate of drug-likeness (QED) is 0.0922. The van der Waals surface area contributed by atoms with Crippen LogP contribution in [0.1, 0.15) is 20.8 Å². The van der Waals surface area contributed by atoms with Crippen molar-refractivity contribution < 1.29 is 0 Å². The third-order valence-corrected chi connectivity index (χ3v) is 18.4. The van der Waals surface area contributed by atoms with Gasteiger partial charge >= 0.3 is 7.55 Å². The zero-order valence-corrected chi connectivity index (χ0v) is 34.2. The number of nitrogens with zero attached hydrogens (tertiary/aromatic N) is 2. The van der Waals surface area contributed by atoms with E-state index in [0.29, 0.717) is 7.55 Å². The average molecular weight is 765 g/mol. The van der Waals surface area contributed by atoms with Crippen LogP contribution in [0.15, 0.2) is 259 Å². The van der Waals surface area contributed by atoms with Crippen LogP contribution in [0.4, 0.5) is 22.7 Å². The summed E-state index contributed by atoms with van der Waals surface area (Å²) in [4.78, 5) is 15.2. The van der Waals surface area contributed by atoms with E-state index >= 15 is 0 Å². The molecule has 0 N–H and O–H groups in total. The standard InChI is InChI=1S/C51H49BN2S2/c1-7-13-28-40(11-5)55(41(12-6)29-14-8-2)48-36-22-18-32-44(48)53(45-33-19-23-37-49(45)55)52-54-46-34-20-24-38-50(46)56(42(26-9-3)27-10-4,43-30-16-15-17-31-43)51-39-25-21-35-47(51)54/h7-39,52H,1,3,6H2,2,4-5H3/b14-8-,27-10-,28-13-,40-11+,41-29+,42-26+. The molecule has 0 atom stereocenters. The first-order valence-corrected chi connectivity index (χ1v) is 22.3. The van der Waals surface area contributed by atoms with Crippen LogP contribution in [0.3, 0.4) is 0 Å². The Kier molecular flexibility index (Phi) is 11.6. The molecular weight excluding hydrogens is 716 g/mol. The van der Waals surface area contributed by atoms with Crippen LogP contribution in [0.5, 0.6) is 0 Å². The second-order valence-corrected chi connectivity index (χ2v) is 19.4. The van der Waals surface area contributed by atoms with Gasteiger partial charge < -0.3 is 9.62 Å². The van der Waals surface area contributed by atoms with E-state index in [9.17, 15) is 0 Å². The molecule has 0 saturated heterocycles. The Balaban J connectivity index is 1.53. The maximum absolute atomic E-state index is 4.43. The summed E-state index contributed by atoms with van der Waals surface area (Å²) in [5.74, 6) is 0. The molecule has 0 aliphatic carbocycles. The highest BCUT2D eigenvalue weighted by molar-refractivity contribution is 8.40. The Hall–Kier alpha value is -5.88. The summed E-state index contributed by atoms with van der Waals surface area (Å²) < 4.78 is 0. The Labute approximate surface area is 338 Å². The van der Waals surface area contributed by atoms with Crippen molar-refractivity contribution in [3.8, 4) is 0 Å². The van der Waals surface area contributed by atoms with Gasteiger partial charge in [0.25, 0.3) is 0 Å². The van der Waals surface area contributed by atoms with E-state index in [1.165, 1.54) is 61.9 Å². The fraction of sp³-hybridized carbons (Fsp3) is 0.0588. The number of allylic oxidation sites excluding steroid dienone is 12. The molecule has 0 unspecified atom stereocenters. The molecule has 5 aromatic rings. The lowest BCUT2D eigenvalue weighted by atomic mass is 9.96. The van der Waals surface area contributed by atoms with Crippen LogP contribution in [0, 0.1) is 0 Å². The van der Waals surface area contributed by atoms with Crippen molar-refractivity contribution in [2.75, 3.05) is 9.62 Å². The fourth-order valence-electron chi connectivity index (χ4n) is 8.18. The summed E-state index contributed by atoms with van der Waals surface area (Å²) in [6.07, 6.45) is 25.6. The lowest BCUT2D eigenvalue weighted by molar-refractivity contribution is 1.15. The second-order valence-electron chi connectivity index (χ2n) is 13.3. The minimum absolute atomic E-state index is 0.599. The van der Waals surface area contributed by atoms with Crippen LogP contribution >= 0.6 is 20.1 Å². The molecule has 2 nitrogen and oxygen atoms in total. The molecule has 7 rings (SSSR count). The minimum Gasteiger partial charge on any atom is -0.367 e. The summed E-state index contributed by atoms with van der Waals surface area (Å²) >= 11 is 0. The van der Waals surface area contributed by atoms with Gasteiger partial charge in [0.05, 0.1) is 0 Å². The molecule has 0 aromatic heterocycles. The van der Waals surface area contributed by atoms with Gasteiger partial charge in [0.2, 0.25) is 0 Å². The van der Waals surface area contributed by atoms with Crippen molar-refractivity contribution in [1.29, 1.82) is 0 Å². The van der Waals surface area contributed by atoms with Crippen molar-refractivity contribution in [3.63, 3.8) is 0 Å². The van der Waals surface area contributed by atoms with E-state index in [1.54, 1.807) is 0 Å². The molecular formula is C51H49BN2S2. The summed E-state index contributed by atoms with van der Waals surface area (Å²) in [6.45, 7) is 19.0. The number of para-hydroxylation sites is 4. The maximum Gasteiger partial charge on any atom is 0.366 e. The summed E-state index contributed by atoms with van der Waals surface area (Å²) in [7, 11) is -3.30. The first kappa shape index (κ1) is 38.4. The normalized spacial score (nSPS) is 17.1. The van der Waals surface area contributed by atoms with Crippen LogP contribution in [0.25, 0.3) is 0 Å². The molecule has 2 aliphatic rings. The van der Waals surface area contributed by atoms with Crippen molar-refractivity contribution in [2.24, 2.45) is 0 Å². The van der Waals surface area contributed by atoms with Crippen LogP contribution in [-0.2, 0) is 0 Å². The van der Waals surface area contributed by atoms with Gasteiger partial charge in [0, 0.05) is 57.0 Å². The first-order chi connectivity index (χ1) is 27.6. The van der Waals surface area contributed by atoms with E-state index in [-0.39, 0.29) is 0 Å². The summed E-state index contributed by atoms with van der Waals surface area (Å²) in [6, 6.07) is 47.1. The largest absolute Gasteiger partial charge is 0.367 e. The number of hydrogen-bond acceptors (Lipinski definition) is 2. The summed E-state index contributed by atoms with van der Waals surface area (Å²) in [5.41, 5.74) is 4.77. The van der Waals surface area contributed by atoms with E-state index in [1.807, 2.05) is 12.2 Å². The van der Waals surface area contributed by atoms with Gasteiger partial charge in [-0.15, -0.1) is 20.1 Å². The molecule has 5 aromatic carbocycles. The minimum atomic E-state index is -1.98. The first-order valence-electron chi connectivity index (χ1n) is 19.1. The topological polar surface area (TPSA) is 6.48 Å². The Morgan fingerprint density at radius 3 is 1.46 bits per heavy atom. The molecule has 278 valence electrons. The van der Waals surface area contributed by atoms with Gasteiger partial charge in [0.15, 0.2) is 0 Å². The molecule has 0 amide bonds. The molecule has 0 bridgehead atoms. The molecule has 56 heavy (non-hydrogen) atoms. The molecule has 0 radical (unpaired) electrons. The van der Waals surface area contributed by atoms with Crippen LogP contribution < -0.4 is 9.62 Å². The number of fused-ring (bicyclic) bond motifs is 4. The average Bonchev–Trinajstić information content (AvgIpc) is 3.25. The van der Waals surface area contributed by atoms with Gasteiger partial charge in [-0.1, -0.05) is 141 Å². The van der Waals surface area contributed by atoms with Crippen molar-refractivity contribution in [1.82, 2.24) is 0 Å². The zero-order valence-electron chi connectivity index (χ0n) is 32.6. The molecule has 0 saturated carbocycles. The fourth-order valence-corrected chi connectivity index (χ4v) is 16.7. The molecule has 0 fully saturated rings. The lowest BCUT2D eigenvalue weighted by Crippen LogP contribution is -2.41. The third-order valence-electron chi connectivity index (χ3n) is 10.3. The van der Waals surface area contributed by atoms with E-state index in [4.69, 9.17) is 0 Å². The zero-order chi connectivity index (χ0) is 39.1. The van der Waals surface area contributed by atoms with Crippen molar-refractivity contribution >= 4 is 50.4 Å². The SMILES string of the molecule is C=C/C=C\C(=C/C)S1(/C(C=C)=C/C=C\C)c2ccccc2N(BN2c3ccccc3S(C(/C=C\C)=C/C=C)(c3ccccc3)c3ccccc32)c2ccccc21. The monoisotopic (exact) mass is 764 g/mol. The van der Waals surface area contributed by atoms with Gasteiger partial charge in [0.1, 0.15) is 0 Å². The van der Waals surface area contributed by atoms with Crippen molar-refractivity contribution in [2.45, 2.75) is 45.2 Å². The number of hydrogen-bond donors (Lipinski definition) is 0. The van der Waals surface area contributed by atoms with Crippen LogP contribution in [0.2, 0.25) is 0 Å². The highest BCUT2D eigenvalue weighted by atomic mass is 32.3. The molecule has 2 heterocycles. The Bertz CT molecular complexity index is 2370. The van der Waals surface area contributed by atoms with Gasteiger partial charge in [-0.25, -0.2) is 0 Å². The van der Waals surface area contributed by atoms with E-state index in [2.05, 4.69) is 238 Å². The lowest BCUT2D eigenvalue weighted by Gasteiger charge is -2.53. The Morgan fingerprint density at radius 2 is 1.00 bits per heavy atom. The molecule has 5 heteroatoms. The number of anilines is 4. The molecule has 2 aliphatic heterocycles. The summed E-state index contributed by atoms with van der Waals surface area (Å²) in [5, 5.41) is 0. The smallest absolute Gasteiger partial charge is 0.366 e. The van der Waals surface area contributed by atoms with Gasteiger partial charge in [-0.2, -0.15) is 0 Å². The van der Waals surface area contributed by atoms with Crippen molar-refractivity contribution in [3.05, 3.63) is 235 Å². The number of rotatable bonds is 12. The predicted octanol–water partition coefficient (Wildman–Crippen LogP) is 15.0. The Morgan fingerprint density at radius 1 is 0.500 bits per heavy atom. The highest BCUT2D eigenvalue weighted by Gasteiger charge is 2.46. The van der Waals surface area contributed by atoms with E-state index < -0.39 is 20.1 Å². The van der Waals surface area contributed by atoms with E-state index in [0.717, 1.165) is 0 Å². The second kappa shape index (κ2) is 16.9. The van der Waals surface area contributed by atoms with Gasteiger partial charge in [-0.3, -0.25) is 0 Å². The van der Waals surface area contributed by atoms with Crippen LogP contribution in [-0.4, -0.2) is 7.55 Å². The maximum atomic E-state index is 4.43. The number of benzene rings is 5. The third kappa shape index (κ3) is 6.12. The molecule has 0 spiro atoms. The highest BCUT2D eigenvalue weighted by Crippen LogP contribution is 2.81. The predicted molar refractivity (Wildman–Crippen MR) is 249 cm³/mol. The van der Waals surface area contributed by atoms with Gasteiger partial charge in [-0.05, 0) is 105 Å².